The molecule has 0 aliphatic rings. The Kier molecular flexibility index (Phi) is 3.28. The summed E-state index contributed by atoms with van der Waals surface area (Å²) < 4.78 is 0. The van der Waals surface area contributed by atoms with E-state index >= 15 is 0 Å². The number of aromatic nitrogens is 2. The Labute approximate surface area is 101 Å². The van der Waals surface area contributed by atoms with Crippen molar-refractivity contribution in [3.05, 3.63) is 47.9 Å². The second-order valence-corrected chi connectivity index (χ2v) is 4.19. The van der Waals surface area contributed by atoms with E-state index in [1.54, 1.807) is 18.3 Å². The first-order chi connectivity index (χ1) is 8.20. The molecule has 86 valence electrons. The van der Waals surface area contributed by atoms with E-state index in [9.17, 15) is 4.79 Å². The van der Waals surface area contributed by atoms with E-state index < -0.39 is 0 Å². The first kappa shape index (κ1) is 11.5. The number of benzene rings is 1. The fourth-order valence-corrected chi connectivity index (χ4v) is 1.55. The number of aldehydes is 1. The molecule has 0 radical (unpaired) electrons. The summed E-state index contributed by atoms with van der Waals surface area (Å²) in [6.07, 6.45) is 2.61. The molecule has 2 rings (SSSR count). The molecule has 0 saturated carbocycles. The van der Waals surface area contributed by atoms with Gasteiger partial charge in [-0.3, -0.25) is 4.79 Å². The third kappa shape index (κ3) is 2.56. The summed E-state index contributed by atoms with van der Waals surface area (Å²) in [6.45, 7) is 4.13. The van der Waals surface area contributed by atoms with Crippen molar-refractivity contribution < 1.29 is 4.79 Å². The largest absolute Gasteiger partial charge is 0.298 e. The Hall–Kier alpha value is -2.03. The van der Waals surface area contributed by atoms with Crippen molar-refractivity contribution in [2.45, 2.75) is 19.8 Å². The Morgan fingerprint density at radius 3 is 2.41 bits per heavy atom. The van der Waals surface area contributed by atoms with E-state index in [0.717, 1.165) is 23.4 Å². The molecule has 0 N–H and O–H groups in total. The lowest BCUT2D eigenvalue weighted by Gasteiger charge is -2.06. The Morgan fingerprint density at radius 2 is 1.82 bits per heavy atom. The topological polar surface area (TPSA) is 42.9 Å². The molecule has 0 saturated heterocycles. The number of carbonyl (C=O) groups excluding carboxylic acids is 1. The molecule has 2 aromatic rings. The third-order valence-corrected chi connectivity index (χ3v) is 2.53. The normalized spacial score (nSPS) is 10.5. The van der Waals surface area contributed by atoms with Gasteiger partial charge in [-0.25, -0.2) is 9.97 Å². The van der Waals surface area contributed by atoms with Gasteiger partial charge in [-0.1, -0.05) is 38.1 Å². The molecule has 0 amide bonds. The zero-order valence-electron chi connectivity index (χ0n) is 9.92. The van der Waals surface area contributed by atoms with Crippen LogP contribution in [0.2, 0.25) is 0 Å². The highest BCUT2D eigenvalue weighted by atomic mass is 16.1. The van der Waals surface area contributed by atoms with Crippen molar-refractivity contribution in [2.24, 2.45) is 0 Å². The molecule has 0 unspecified atom stereocenters. The van der Waals surface area contributed by atoms with E-state index in [4.69, 9.17) is 0 Å². The summed E-state index contributed by atoms with van der Waals surface area (Å²) in [7, 11) is 0. The molecular weight excluding hydrogens is 212 g/mol. The lowest BCUT2D eigenvalue weighted by atomic mass is 10.1. The maximum absolute atomic E-state index is 10.6. The lowest BCUT2D eigenvalue weighted by Crippen LogP contribution is -1.98. The molecule has 0 aliphatic heterocycles. The van der Waals surface area contributed by atoms with Crippen LogP contribution in [0, 0.1) is 0 Å². The Balaban J connectivity index is 2.38. The van der Waals surface area contributed by atoms with Crippen LogP contribution in [0.1, 0.15) is 35.9 Å². The van der Waals surface area contributed by atoms with Crippen LogP contribution in [-0.4, -0.2) is 16.3 Å². The molecule has 0 atom stereocenters. The van der Waals surface area contributed by atoms with E-state index in [1.807, 2.05) is 18.2 Å². The summed E-state index contributed by atoms with van der Waals surface area (Å²) in [6, 6.07) is 9.26. The Bertz CT molecular complexity index is 518. The van der Waals surface area contributed by atoms with Gasteiger partial charge in [0.1, 0.15) is 12.1 Å². The molecule has 3 nitrogen and oxygen atoms in total. The second-order valence-electron chi connectivity index (χ2n) is 4.19. The Morgan fingerprint density at radius 1 is 1.12 bits per heavy atom. The van der Waals surface area contributed by atoms with Gasteiger partial charge < -0.3 is 0 Å². The van der Waals surface area contributed by atoms with Crippen LogP contribution < -0.4 is 0 Å². The molecule has 1 heterocycles. The van der Waals surface area contributed by atoms with Gasteiger partial charge in [0.25, 0.3) is 0 Å². The van der Waals surface area contributed by atoms with Crippen molar-refractivity contribution >= 4 is 6.29 Å². The molecular formula is C14H14N2O. The number of hydrogen-bond donors (Lipinski definition) is 0. The minimum Gasteiger partial charge on any atom is -0.298 e. The first-order valence-corrected chi connectivity index (χ1v) is 5.59. The predicted octanol–water partition coefficient (Wildman–Crippen LogP) is 3.08. The maximum atomic E-state index is 10.6. The summed E-state index contributed by atoms with van der Waals surface area (Å²) in [5.74, 6) is 1.14. The van der Waals surface area contributed by atoms with E-state index in [1.165, 1.54) is 0 Å². The zero-order valence-corrected chi connectivity index (χ0v) is 9.92. The van der Waals surface area contributed by atoms with Crippen LogP contribution in [0.3, 0.4) is 0 Å². The zero-order chi connectivity index (χ0) is 12.3. The van der Waals surface area contributed by atoms with Gasteiger partial charge >= 0.3 is 0 Å². The molecule has 0 bridgehead atoms. The van der Waals surface area contributed by atoms with Crippen molar-refractivity contribution in [2.75, 3.05) is 0 Å². The van der Waals surface area contributed by atoms with Gasteiger partial charge in [0, 0.05) is 23.2 Å². The van der Waals surface area contributed by atoms with Crippen LogP contribution in [0.5, 0.6) is 0 Å². The van der Waals surface area contributed by atoms with Gasteiger partial charge in [0.2, 0.25) is 0 Å². The minimum atomic E-state index is 0.309. The van der Waals surface area contributed by atoms with Crippen LogP contribution in [0.25, 0.3) is 11.3 Å². The van der Waals surface area contributed by atoms with Gasteiger partial charge in [-0.15, -0.1) is 0 Å². The fourth-order valence-electron chi connectivity index (χ4n) is 1.55. The predicted molar refractivity (Wildman–Crippen MR) is 66.9 cm³/mol. The molecule has 0 aliphatic carbocycles. The van der Waals surface area contributed by atoms with Gasteiger partial charge in [0.15, 0.2) is 0 Å². The van der Waals surface area contributed by atoms with E-state index in [0.29, 0.717) is 11.5 Å². The van der Waals surface area contributed by atoms with Crippen molar-refractivity contribution in [3.8, 4) is 11.3 Å². The van der Waals surface area contributed by atoms with Crippen molar-refractivity contribution in [3.63, 3.8) is 0 Å². The number of rotatable bonds is 3. The van der Waals surface area contributed by atoms with Crippen LogP contribution in [0.15, 0.2) is 36.5 Å². The summed E-state index contributed by atoms with van der Waals surface area (Å²) in [5.41, 5.74) is 2.56. The standard InChI is InChI=1S/C14H14N2O/c1-10(2)14-15-8-7-13(16-14)12-5-3-11(9-17)4-6-12/h3-10H,1-2H3. The first-order valence-electron chi connectivity index (χ1n) is 5.59. The lowest BCUT2D eigenvalue weighted by molar-refractivity contribution is 0.112. The quantitative estimate of drug-likeness (QED) is 0.755. The average Bonchev–Trinajstić information content (AvgIpc) is 2.39. The highest BCUT2D eigenvalue weighted by molar-refractivity contribution is 5.76. The maximum Gasteiger partial charge on any atom is 0.150 e. The number of hydrogen-bond acceptors (Lipinski definition) is 3. The molecule has 1 aromatic heterocycles. The monoisotopic (exact) mass is 226 g/mol. The number of carbonyl (C=O) groups is 1. The third-order valence-electron chi connectivity index (χ3n) is 2.53. The SMILES string of the molecule is CC(C)c1nccc(-c2ccc(C=O)cc2)n1. The van der Waals surface area contributed by atoms with Gasteiger partial charge in [-0.2, -0.15) is 0 Å². The molecule has 17 heavy (non-hydrogen) atoms. The van der Waals surface area contributed by atoms with E-state index in [2.05, 4.69) is 23.8 Å². The van der Waals surface area contributed by atoms with E-state index in [-0.39, 0.29) is 0 Å². The van der Waals surface area contributed by atoms with Gasteiger partial charge in [0.05, 0.1) is 5.69 Å². The van der Waals surface area contributed by atoms with Crippen molar-refractivity contribution in [1.29, 1.82) is 0 Å². The highest BCUT2D eigenvalue weighted by Crippen LogP contribution is 2.18. The van der Waals surface area contributed by atoms with Crippen molar-refractivity contribution in [1.82, 2.24) is 9.97 Å². The van der Waals surface area contributed by atoms with Crippen LogP contribution in [-0.2, 0) is 0 Å². The average molecular weight is 226 g/mol. The molecule has 0 fully saturated rings. The second kappa shape index (κ2) is 4.87. The van der Waals surface area contributed by atoms with Crippen LogP contribution in [0.4, 0.5) is 0 Å². The number of nitrogens with zero attached hydrogens (tertiary/aromatic N) is 2. The van der Waals surface area contributed by atoms with Gasteiger partial charge in [-0.05, 0) is 6.07 Å². The molecule has 1 aromatic carbocycles. The summed E-state index contributed by atoms with van der Waals surface area (Å²) >= 11 is 0. The highest BCUT2D eigenvalue weighted by Gasteiger charge is 2.05. The minimum absolute atomic E-state index is 0.309. The van der Waals surface area contributed by atoms with Crippen LogP contribution >= 0.6 is 0 Å². The summed E-state index contributed by atoms with van der Waals surface area (Å²) in [4.78, 5) is 19.3. The summed E-state index contributed by atoms with van der Waals surface area (Å²) in [5, 5.41) is 0. The fraction of sp³-hybridized carbons (Fsp3) is 0.214. The molecule has 3 heteroatoms. The smallest absolute Gasteiger partial charge is 0.150 e. The molecule has 0 spiro atoms.